The molecule has 0 spiro atoms. The average molecular weight is 298 g/mol. The third-order valence-corrected chi connectivity index (χ3v) is 4.28. The van der Waals surface area contributed by atoms with Crippen molar-refractivity contribution in [3.63, 3.8) is 0 Å². The zero-order valence-corrected chi connectivity index (χ0v) is 13.1. The van der Waals surface area contributed by atoms with E-state index in [9.17, 15) is 4.79 Å². The van der Waals surface area contributed by atoms with E-state index in [1.54, 1.807) is 18.7 Å². The van der Waals surface area contributed by atoms with Crippen molar-refractivity contribution in [2.24, 2.45) is 10.9 Å². The highest BCUT2D eigenvalue weighted by molar-refractivity contribution is 6.08. The number of rotatable bonds is 3. The SMILES string of the molecule is Cc1cnc(N2C=NC(=O)C2(C)C(C)C)c(-c2cnco2)c1. The van der Waals surface area contributed by atoms with Gasteiger partial charge in [-0.1, -0.05) is 13.8 Å². The molecule has 1 aliphatic rings. The van der Waals surface area contributed by atoms with E-state index in [1.165, 1.54) is 6.39 Å². The second-order valence-electron chi connectivity index (χ2n) is 5.97. The Balaban J connectivity index is 2.17. The molecule has 6 heteroatoms. The predicted molar refractivity (Wildman–Crippen MR) is 83.7 cm³/mol. The Morgan fingerprint density at radius 1 is 1.32 bits per heavy atom. The molecule has 3 rings (SSSR count). The van der Waals surface area contributed by atoms with E-state index in [2.05, 4.69) is 15.0 Å². The van der Waals surface area contributed by atoms with Crippen LogP contribution < -0.4 is 4.90 Å². The molecule has 114 valence electrons. The molecule has 6 nitrogen and oxygen atoms in total. The zero-order chi connectivity index (χ0) is 15.9. The summed E-state index contributed by atoms with van der Waals surface area (Å²) in [5.74, 6) is 1.18. The van der Waals surface area contributed by atoms with Crippen LogP contribution in [0.5, 0.6) is 0 Å². The van der Waals surface area contributed by atoms with E-state index >= 15 is 0 Å². The molecule has 1 amide bonds. The van der Waals surface area contributed by atoms with E-state index in [-0.39, 0.29) is 11.8 Å². The van der Waals surface area contributed by atoms with Crippen molar-refractivity contribution in [1.82, 2.24) is 9.97 Å². The minimum absolute atomic E-state index is 0.0770. The van der Waals surface area contributed by atoms with Crippen LogP contribution in [0, 0.1) is 12.8 Å². The standard InChI is InChI=1S/C16H18N4O2/c1-10(2)16(4)15(21)19-8-20(16)14-12(5-11(3)6-18-14)13-7-17-9-22-13/h5-10H,1-4H3. The number of aliphatic imine (C=N–C) groups is 1. The van der Waals surface area contributed by atoms with Gasteiger partial charge < -0.3 is 9.32 Å². The minimum Gasteiger partial charge on any atom is -0.443 e. The quantitative estimate of drug-likeness (QED) is 0.871. The molecule has 0 radical (unpaired) electrons. The Kier molecular flexibility index (Phi) is 3.31. The Bertz CT molecular complexity index is 737. The third-order valence-electron chi connectivity index (χ3n) is 4.28. The first-order valence-corrected chi connectivity index (χ1v) is 7.18. The van der Waals surface area contributed by atoms with Crippen LogP contribution >= 0.6 is 0 Å². The van der Waals surface area contributed by atoms with Crippen LogP contribution in [-0.4, -0.2) is 27.8 Å². The Hall–Kier alpha value is -2.50. The fourth-order valence-corrected chi connectivity index (χ4v) is 2.55. The first-order chi connectivity index (χ1) is 10.4. The maximum absolute atomic E-state index is 12.3. The number of carbonyl (C=O) groups excluding carboxylic acids is 1. The molecule has 22 heavy (non-hydrogen) atoms. The van der Waals surface area contributed by atoms with Crippen LogP contribution in [-0.2, 0) is 4.79 Å². The number of hydrogen-bond donors (Lipinski definition) is 0. The highest BCUT2D eigenvalue weighted by Crippen LogP contribution is 2.38. The lowest BCUT2D eigenvalue weighted by molar-refractivity contribution is -0.122. The van der Waals surface area contributed by atoms with Crippen molar-refractivity contribution in [1.29, 1.82) is 0 Å². The second kappa shape index (κ2) is 5.05. The number of hydrogen-bond acceptors (Lipinski definition) is 5. The lowest BCUT2D eigenvalue weighted by Gasteiger charge is -2.36. The normalized spacial score (nSPS) is 21.1. The number of pyridine rings is 1. The van der Waals surface area contributed by atoms with E-state index in [1.807, 2.05) is 38.7 Å². The van der Waals surface area contributed by atoms with E-state index < -0.39 is 5.54 Å². The summed E-state index contributed by atoms with van der Waals surface area (Å²) in [5.41, 5.74) is 1.05. The predicted octanol–water partition coefficient (Wildman–Crippen LogP) is 2.83. The number of anilines is 1. The van der Waals surface area contributed by atoms with Gasteiger partial charge in [-0.3, -0.25) is 4.79 Å². The molecular weight excluding hydrogens is 280 g/mol. The summed E-state index contributed by atoms with van der Waals surface area (Å²) in [7, 11) is 0. The van der Waals surface area contributed by atoms with Gasteiger partial charge in [-0.05, 0) is 31.4 Å². The molecule has 1 aliphatic heterocycles. The lowest BCUT2D eigenvalue weighted by atomic mass is 9.86. The molecule has 0 aromatic carbocycles. The van der Waals surface area contributed by atoms with Crippen molar-refractivity contribution in [2.75, 3.05) is 4.90 Å². The van der Waals surface area contributed by atoms with Gasteiger partial charge in [0.2, 0.25) is 0 Å². The summed E-state index contributed by atoms with van der Waals surface area (Å²) in [5, 5.41) is 0. The highest BCUT2D eigenvalue weighted by atomic mass is 16.3. The van der Waals surface area contributed by atoms with Gasteiger partial charge in [-0.15, -0.1) is 0 Å². The van der Waals surface area contributed by atoms with Crippen molar-refractivity contribution >= 4 is 18.1 Å². The molecule has 3 heterocycles. The van der Waals surface area contributed by atoms with Crippen LogP contribution in [0.1, 0.15) is 26.3 Å². The molecule has 0 fully saturated rings. The summed E-state index contributed by atoms with van der Waals surface area (Å²) >= 11 is 0. The van der Waals surface area contributed by atoms with Gasteiger partial charge >= 0.3 is 0 Å². The number of carbonyl (C=O) groups is 1. The third kappa shape index (κ3) is 2.03. The van der Waals surface area contributed by atoms with Crippen LogP contribution in [0.25, 0.3) is 11.3 Å². The largest absolute Gasteiger partial charge is 0.443 e. The van der Waals surface area contributed by atoms with E-state index in [0.717, 1.165) is 11.1 Å². The highest BCUT2D eigenvalue weighted by Gasteiger charge is 2.47. The summed E-state index contributed by atoms with van der Waals surface area (Å²) in [6, 6.07) is 1.97. The molecule has 1 unspecified atom stereocenters. The minimum atomic E-state index is -0.753. The molecule has 0 saturated heterocycles. The molecule has 2 aromatic heterocycles. The number of aryl methyl sites for hydroxylation is 1. The van der Waals surface area contributed by atoms with Gasteiger partial charge in [0.15, 0.2) is 12.2 Å². The number of amides is 1. The summed E-state index contributed by atoms with van der Waals surface area (Å²) in [6.45, 7) is 7.85. The molecule has 0 aliphatic carbocycles. The van der Waals surface area contributed by atoms with Crippen LogP contribution in [0.15, 0.2) is 34.3 Å². The Morgan fingerprint density at radius 3 is 2.73 bits per heavy atom. The van der Waals surface area contributed by atoms with Crippen molar-refractivity contribution in [3.05, 3.63) is 30.4 Å². The molecular formula is C16H18N4O2. The Morgan fingerprint density at radius 2 is 2.09 bits per heavy atom. The van der Waals surface area contributed by atoms with Crippen molar-refractivity contribution in [3.8, 4) is 11.3 Å². The summed E-state index contributed by atoms with van der Waals surface area (Å²) in [4.78, 5) is 26.6. The lowest BCUT2D eigenvalue weighted by Crippen LogP contribution is -2.51. The molecule has 0 N–H and O–H groups in total. The maximum Gasteiger partial charge on any atom is 0.273 e. The van der Waals surface area contributed by atoms with Crippen molar-refractivity contribution in [2.45, 2.75) is 33.2 Å². The topological polar surface area (TPSA) is 71.6 Å². The van der Waals surface area contributed by atoms with E-state index in [0.29, 0.717) is 11.6 Å². The van der Waals surface area contributed by atoms with Crippen LogP contribution in [0.2, 0.25) is 0 Å². The number of oxazole rings is 1. The van der Waals surface area contributed by atoms with Crippen LogP contribution in [0.3, 0.4) is 0 Å². The van der Waals surface area contributed by atoms with Crippen molar-refractivity contribution < 1.29 is 9.21 Å². The molecule has 1 atom stereocenters. The summed E-state index contributed by atoms with van der Waals surface area (Å²) < 4.78 is 5.42. The molecule has 2 aromatic rings. The summed E-state index contributed by atoms with van der Waals surface area (Å²) in [6.07, 6.45) is 6.35. The Labute approximate surface area is 128 Å². The zero-order valence-electron chi connectivity index (χ0n) is 13.1. The van der Waals surface area contributed by atoms with Gasteiger partial charge in [0.05, 0.1) is 11.8 Å². The fourth-order valence-electron chi connectivity index (χ4n) is 2.55. The van der Waals surface area contributed by atoms with Gasteiger partial charge in [0.1, 0.15) is 17.7 Å². The fraction of sp³-hybridized carbons (Fsp3) is 0.375. The van der Waals surface area contributed by atoms with E-state index in [4.69, 9.17) is 4.42 Å². The molecule has 0 saturated carbocycles. The maximum atomic E-state index is 12.3. The van der Waals surface area contributed by atoms with Gasteiger partial charge in [0, 0.05) is 6.20 Å². The smallest absolute Gasteiger partial charge is 0.273 e. The average Bonchev–Trinajstić information content (AvgIpc) is 3.10. The van der Waals surface area contributed by atoms with Gasteiger partial charge in [-0.25, -0.2) is 15.0 Å². The van der Waals surface area contributed by atoms with Gasteiger partial charge in [0.25, 0.3) is 5.91 Å². The van der Waals surface area contributed by atoms with Crippen LogP contribution in [0.4, 0.5) is 5.82 Å². The first kappa shape index (κ1) is 14.4. The number of aromatic nitrogens is 2. The number of nitrogens with zero attached hydrogens (tertiary/aromatic N) is 4. The molecule has 0 bridgehead atoms. The first-order valence-electron chi connectivity index (χ1n) is 7.18. The monoisotopic (exact) mass is 298 g/mol. The second-order valence-corrected chi connectivity index (χ2v) is 5.97. The van der Waals surface area contributed by atoms with Gasteiger partial charge in [-0.2, -0.15) is 0 Å².